The first-order valence-electron chi connectivity index (χ1n) is 31.7. The molecule has 6 aromatic rings. The number of nitrogens with one attached hydrogen (secondary N) is 4. The van der Waals surface area contributed by atoms with E-state index in [1.807, 2.05) is 6.92 Å². The molecule has 0 saturated carbocycles. The summed E-state index contributed by atoms with van der Waals surface area (Å²) >= 11 is 15.7. The smallest absolute Gasteiger partial charge is 0.506 e. The number of halogens is 3. The Bertz CT molecular complexity index is 3340. The molecule has 0 aliphatic carbocycles. The maximum atomic E-state index is 13.4. The van der Waals surface area contributed by atoms with Crippen LogP contribution in [0.1, 0.15) is 190 Å². The van der Waals surface area contributed by atoms with Gasteiger partial charge in [-0.05, 0) is 109 Å². The van der Waals surface area contributed by atoms with Crippen molar-refractivity contribution in [2.75, 3.05) is 34.5 Å². The Balaban J connectivity index is 0.000000395. The number of hydrogen-bond donors (Lipinski definition) is 6. The van der Waals surface area contributed by atoms with Crippen LogP contribution in [-0.2, 0) is 38.5 Å². The number of carbonyl (C=O) groups is 4. The van der Waals surface area contributed by atoms with Crippen LogP contribution in [0.4, 0.5) is 22.7 Å². The number of benzene rings is 6. The SMILES string of the molecule is CCC(Br)C(=O)Nc1cc(O)c(NC(=O)c2ccccc2)cc1Cl.CCCCCCCCCCCCOc1ccc(S(=O)(=O)C(CC)C(=O)Nc2cc(O)c(NC(=O)c3ccccc3)cc2Cl)cc1.CCCCCCCCCCCCOc1ccc([S-](=O)=O)cc1.[Na+]. The van der Waals surface area contributed by atoms with Gasteiger partial charge in [0.25, 0.3) is 11.8 Å². The Kier molecular flexibility index (Phi) is 40.0. The van der Waals surface area contributed by atoms with Gasteiger partial charge >= 0.3 is 29.6 Å². The molecule has 16 nitrogen and oxygen atoms in total. The summed E-state index contributed by atoms with van der Waals surface area (Å²) in [6.07, 6.45) is 26.1. The number of rotatable bonds is 37. The fraction of sp³-hybridized carbons (Fsp3) is 0.429. The van der Waals surface area contributed by atoms with Crippen molar-refractivity contribution < 1.29 is 85.3 Å². The summed E-state index contributed by atoms with van der Waals surface area (Å²) in [5.74, 6) is -1.10. The van der Waals surface area contributed by atoms with Crippen LogP contribution in [0, 0.1) is 0 Å². The zero-order chi connectivity index (χ0) is 66.4. The van der Waals surface area contributed by atoms with Gasteiger partial charge in [0.2, 0.25) is 11.8 Å². The van der Waals surface area contributed by atoms with Crippen molar-refractivity contribution >= 4 is 106 Å². The molecule has 0 saturated heterocycles. The second-order valence-electron chi connectivity index (χ2n) is 21.9. The standard InChI is InChI=1S/C35H45ClN2O6S.C18H29O3S.C17H16BrClN2O3.Na/c1-3-5-6-7-8-9-10-11-12-16-23-44-27-19-21-28(22-20-27)45(42,43)33(4-2)35(41)37-30-25-32(39)31(24-29(30)36)38-34(40)26-17-14-13-15-18-26;1-2-3-4-5-6-7-8-9-10-11-16-21-17-12-14-18(15-13-17)22(19)20;1-2-11(18)17(24)20-13-9-15(22)14(8-12(13)19)21-16(23)10-6-4-3-5-7-10;/h13-15,17-22,24-25,33,39H,3-12,16,23H2,1-2H3,(H,37,41)(H,38,40);12-15H,2-11,16H2,1H3;3-9,11,22H,2H2,1H3,(H,20,24)(H,21,23);/q;-1;;+1. The topological polar surface area (TPSA) is 244 Å². The number of aromatic hydroxyl groups is 2. The molecule has 0 aliphatic heterocycles. The fourth-order valence-electron chi connectivity index (χ4n) is 9.33. The second-order valence-corrected chi connectivity index (χ2v) is 26.9. The Morgan fingerprint density at radius 1 is 0.478 bits per heavy atom. The summed E-state index contributed by atoms with van der Waals surface area (Å²) in [5.41, 5.74) is 1.33. The Hall–Kier alpha value is -5.64. The van der Waals surface area contributed by atoms with Gasteiger partial charge in [0.1, 0.15) is 28.2 Å². The average Bonchev–Trinajstić information content (AvgIpc) is 0.968. The van der Waals surface area contributed by atoms with Crippen molar-refractivity contribution in [3.63, 3.8) is 0 Å². The van der Waals surface area contributed by atoms with Gasteiger partial charge < -0.3 is 49.4 Å². The van der Waals surface area contributed by atoms with Crippen LogP contribution in [0.25, 0.3) is 0 Å². The summed E-state index contributed by atoms with van der Waals surface area (Å²) in [5, 5.41) is 29.7. The van der Waals surface area contributed by atoms with Crippen molar-refractivity contribution in [1.82, 2.24) is 0 Å². The number of sulfone groups is 1. The van der Waals surface area contributed by atoms with Gasteiger partial charge in [0, 0.05) is 23.3 Å². The third kappa shape index (κ3) is 29.8. The molecule has 4 amide bonds. The number of anilines is 4. The molecular weight excluding hydrogens is 1330 g/mol. The number of amides is 4. The molecule has 92 heavy (non-hydrogen) atoms. The molecule has 6 aromatic carbocycles. The van der Waals surface area contributed by atoms with Gasteiger partial charge in [-0.1, -0.05) is 236 Å². The van der Waals surface area contributed by atoms with Gasteiger partial charge in [0.05, 0.1) is 55.7 Å². The maximum Gasteiger partial charge on any atom is 1.00 e. The Morgan fingerprint density at radius 2 is 0.837 bits per heavy atom. The minimum absolute atomic E-state index is 0. The van der Waals surface area contributed by atoms with Crippen LogP contribution in [0.5, 0.6) is 23.0 Å². The first-order chi connectivity index (χ1) is 43.8. The minimum Gasteiger partial charge on any atom is -0.506 e. The summed E-state index contributed by atoms with van der Waals surface area (Å²) in [4.78, 5) is 49.6. The van der Waals surface area contributed by atoms with Crippen LogP contribution in [-0.4, -0.2) is 65.6 Å². The van der Waals surface area contributed by atoms with E-state index in [9.17, 15) is 46.2 Å². The first kappa shape index (κ1) is 80.6. The van der Waals surface area contributed by atoms with Crippen LogP contribution in [0.2, 0.25) is 10.0 Å². The number of ether oxygens (including phenoxy) is 2. The van der Waals surface area contributed by atoms with Crippen LogP contribution in [0.15, 0.2) is 143 Å². The number of hydrogen-bond acceptors (Lipinski definition) is 13. The molecule has 0 spiro atoms. The molecule has 2 unspecified atom stereocenters. The summed E-state index contributed by atoms with van der Waals surface area (Å²) in [6.45, 7) is 9.21. The number of phenols is 2. The van der Waals surface area contributed by atoms with E-state index in [1.165, 1.54) is 146 Å². The molecule has 22 heteroatoms. The van der Waals surface area contributed by atoms with Gasteiger partial charge in [-0.3, -0.25) is 19.2 Å². The molecule has 6 N–H and O–H groups in total. The zero-order valence-electron chi connectivity index (χ0n) is 53.8. The molecule has 0 aliphatic rings. The third-order valence-corrected chi connectivity index (χ3v) is 19.2. The van der Waals surface area contributed by atoms with E-state index in [1.54, 1.807) is 104 Å². The van der Waals surface area contributed by atoms with E-state index in [4.69, 9.17) is 32.7 Å². The van der Waals surface area contributed by atoms with Gasteiger partial charge in [-0.25, -0.2) is 8.42 Å². The molecule has 0 aromatic heterocycles. The predicted molar refractivity (Wildman–Crippen MR) is 371 cm³/mol. The Labute approximate surface area is 587 Å². The Morgan fingerprint density at radius 3 is 1.20 bits per heavy atom. The molecule has 2 atom stereocenters. The van der Waals surface area contributed by atoms with Crippen LogP contribution < -0.4 is 60.3 Å². The van der Waals surface area contributed by atoms with E-state index >= 15 is 0 Å². The molecule has 496 valence electrons. The van der Waals surface area contributed by atoms with Crippen molar-refractivity contribution in [1.29, 1.82) is 0 Å². The number of unbranched alkanes of at least 4 members (excludes halogenated alkanes) is 18. The minimum atomic E-state index is -4.04. The van der Waals surface area contributed by atoms with E-state index in [0.29, 0.717) is 41.4 Å². The van der Waals surface area contributed by atoms with Crippen molar-refractivity contribution in [2.45, 2.75) is 189 Å². The van der Waals surface area contributed by atoms with Gasteiger partial charge in [-0.2, -0.15) is 0 Å². The molecule has 0 heterocycles. The summed E-state index contributed by atoms with van der Waals surface area (Å²) in [7, 11) is -6.20. The monoisotopic (exact) mass is 1410 g/mol. The molecule has 0 fully saturated rings. The summed E-state index contributed by atoms with van der Waals surface area (Å²) < 4.78 is 59.7. The maximum absolute atomic E-state index is 13.4. The molecule has 0 bridgehead atoms. The second kappa shape index (κ2) is 45.6. The van der Waals surface area contributed by atoms with E-state index in [-0.39, 0.29) is 102 Å². The average molecular weight is 1420 g/mol. The van der Waals surface area contributed by atoms with Crippen molar-refractivity contribution in [3.05, 3.63) is 155 Å². The zero-order valence-corrected chi connectivity index (χ0v) is 60.5. The predicted octanol–water partition coefficient (Wildman–Crippen LogP) is 15.9. The number of phenolic OH excluding ortho intramolecular Hbond substituents is 2. The fourth-order valence-corrected chi connectivity index (χ4v) is 11.9. The van der Waals surface area contributed by atoms with Gasteiger partial charge in [-0.15, -0.1) is 0 Å². The van der Waals surface area contributed by atoms with Crippen molar-refractivity contribution in [2.24, 2.45) is 0 Å². The quantitative estimate of drug-likeness (QED) is 0.00701. The van der Waals surface area contributed by atoms with Crippen LogP contribution >= 0.6 is 39.1 Å². The van der Waals surface area contributed by atoms with Crippen LogP contribution in [0.3, 0.4) is 0 Å². The number of alkyl halides is 1. The van der Waals surface area contributed by atoms with E-state index in [2.05, 4.69) is 51.0 Å². The van der Waals surface area contributed by atoms with E-state index in [0.717, 1.165) is 25.0 Å². The third-order valence-electron chi connectivity index (χ3n) is 14.6. The molecule has 0 radical (unpaired) electrons. The number of carbonyl (C=O) groups excluding carboxylic acids is 4. The van der Waals surface area contributed by atoms with Crippen molar-refractivity contribution in [3.8, 4) is 23.0 Å². The first-order valence-corrected chi connectivity index (χ1v) is 35.9. The summed E-state index contributed by atoms with van der Waals surface area (Å²) in [6, 6.07) is 34.8. The van der Waals surface area contributed by atoms with E-state index < -0.39 is 37.6 Å². The largest absolute Gasteiger partial charge is 1.00 e. The normalized spacial score (nSPS) is 11.5. The van der Waals surface area contributed by atoms with Gasteiger partial charge in [0.15, 0.2) is 9.84 Å². The molecular formula is C70H90BrCl2N4NaO12S2. The molecule has 6 rings (SSSR count).